The molecule has 0 spiro atoms. The van der Waals surface area contributed by atoms with Gasteiger partial charge in [0.15, 0.2) is 0 Å². The Morgan fingerprint density at radius 1 is 1.33 bits per heavy atom. The van der Waals surface area contributed by atoms with E-state index in [0.29, 0.717) is 5.92 Å². The van der Waals surface area contributed by atoms with Crippen molar-refractivity contribution in [3.05, 3.63) is 36.1 Å². The van der Waals surface area contributed by atoms with Gasteiger partial charge >= 0.3 is 0 Å². The minimum Gasteiger partial charge on any atom is -0.464 e. The molecule has 2 aromatic rings. The first-order valence-electron chi connectivity index (χ1n) is 4.16. The van der Waals surface area contributed by atoms with E-state index in [1.807, 2.05) is 6.07 Å². The Balaban J connectivity index is 2.60. The molecule has 0 aliphatic rings. The number of fused-ring (bicyclic) bond motifs is 1. The second kappa shape index (κ2) is 2.67. The zero-order valence-electron chi connectivity index (χ0n) is 7.29. The first kappa shape index (κ1) is 7.41. The maximum Gasteiger partial charge on any atom is 0.134 e. The van der Waals surface area contributed by atoms with E-state index in [4.69, 9.17) is 4.42 Å². The molecular weight excluding hydrogens is 148 g/mol. The van der Waals surface area contributed by atoms with Crippen LogP contribution in [0.5, 0.6) is 0 Å². The molecule has 0 atom stereocenters. The van der Waals surface area contributed by atoms with Crippen molar-refractivity contribution in [3.63, 3.8) is 0 Å². The van der Waals surface area contributed by atoms with Crippen molar-refractivity contribution in [2.75, 3.05) is 0 Å². The minimum absolute atomic E-state index is 0.567. The summed E-state index contributed by atoms with van der Waals surface area (Å²) in [4.78, 5) is 0. The van der Waals surface area contributed by atoms with Crippen LogP contribution in [-0.2, 0) is 0 Å². The van der Waals surface area contributed by atoms with Crippen molar-refractivity contribution in [1.82, 2.24) is 0 Å². The highest BCUT2D eigenvalue weighted by molar-refractivity contribution is 5.77. The van der Waals surface area contributed by atoms with E-state index in [1.54, 1.807) is 6.26 Å². The van der Waals surface area contributed by atoms with Gasteiger partial charge in [-0.05, 0) is 23.6 Å². The molecule has 0 amide bonds. The molecule has 0 saturated carbocycles. The van der Waals surface area contributed by atoms with E-state index in [-0.39, 0.29) is 0 Å². The van der Waals surface area contributed by atoms with Gasteiger partial charge in [0.05, 0.1) is 6.26 Å². The van der Waals surface area contributed by atoms with Crippen molar-refractivity contribution >= 4 is 11.0 Å². The first-order chi connectivity index (χ1) is 5.77. The summed E-state index contributed by atoms with van der Waals surface area (Å²) in [5, 5.41) is 1.07. The van der Waals surface area contributed by atoms with E-state index < -0.39 is 0 Å². The van der Waals surface area contributed by atoms with E-state index in [9.17, 15) is 0 Å². The third-order valence-corrected chi connectivity index (χ3v) is 2.07. The lowest BCUT2D eigenvalue weighted by molar-refractivity contribution is 0.615. The van der Waals surface area contributed by atoms with Gasteiger partial charge in [-0.25, -0.2) is 0 Å². The topological polar surface area (TPSA) is 13.1 Å². The molecule has 61 valence electrons. The molecule has 1 aromatic carbocycles. The Morgan fingerprint density at radius 3 is 2.92 bits per heavy atom. The van der Waals surface area contributed by atoms with E-state index >= 15 is 0 Å². The van der Waals surface area contributed by atoms with Gasteiger partial charge in [0.1, 0.15) is 5.58 Å². The van der Waals surface area contributed by atoms with Gasteiger partial charge in [-0.3, -0.25) is 0 Å². The van der Waals surface area contributed by atoms with Crippen LogP contribution < -0.4 is 0 Å². The summed E-state index contributed by atoms with van der Waals surface area (Å²) in [7, 11) is 0. The maximum atomic E-state index is 5.20. The first-order valence-corrected chi connectivity index (χ1v) is 4.16. The van der Waals surface area contributed by atoms with Crippen LogP contribution in [0.3, 0.4) is 0 Å². The molecule has 1 radical (unpaired) electrons. The van der Waals surface area contributed by atoms with Gasteiger partial charge in [0.25, 0.3) is 0 Å². The molecule has 0 bridgehead atoms. The van der Waals surface area contributed by atoms with Crippen molar-refractivity contribution < 1.29 is 4.42 Å². The van der Waals surface area contributed by atoms with Crippen LogP contribution in [0, 0.1) is 6.07 Å². The fourth-order valence-electron chi connectivity index (χ4n) is 1.28. The fraction of sp³-hybridized carbons (Fsp3) is 0.273. The molecule has 1 heterocycles. The lowest BCUT2D eigenvalue weighted by Gasteiger charge is -2.03. The minimum atomic E-state index is 0.567. The summed E-state index contributed by atoms with van der Waals surface area (Å²) in [6.07, 6.45) is 1.61. The zero-order chi connectivity index (χ0) is 8.55. The van der Waals surface area contributed by atoms with Crippen LogP contribution in [0.4, 0.5) is 0 Å². The maximum absolute atomic E-state index is 5.20. The van der Waals surface area contributed by atoms with Crippen LogP contribution in [0.2, 0.25) is 0 Å². The highest BCUT2D eigenvalue weighted by Gasteiger charge is 2.01. The van der Waals surface area contributed by atoms with Crippen LogP contribution >= 0.6 is 0 Å². The number of hydrogen-bond donors (Lipinski definition) is 0. The molecule has 0 aliphatic heterocycles. The summed E-state index contributed by atoms with van der Waals surface area (Å²) in [6, 6.07) is 9.28. The molecule has 0 unspecified atom stereocenters. The van der Waals surface area contributed by atoms with Gasteiger partial charge < -0.3 is 4.42 Å². The number of rotatable bonds is 1. The van der Waals surface area contributed by atoms with Crippen molar-refractivity contribution in [2.24, 2.45) is 0 Å². The molecular formula is C11H11O. The van der Waals surface area contributed by atoms with E-state index in [2.05, 4.69) is 32.0 Å². The second-order valence-electron chi connectivity index (χ2n) is 3.29. The molecule has 12 heavy (non-hydrogen) atoms. The highest BCUT2D eigenvalue weighted by Crippen LogP contribution is 2.21. The van der Waals surface area contributed by atoms with Gasteiger partial charge in [-0.15, -0.1) is 0 Å². The Hall–Kier alpha value is -1.24. The standard InChI is InChI=1S/C11H11O/c1-8(2)9-3-4-11-10(7-9)5-6-12-11/h3-4,6-8H,1-2H3. The smallest absolute Gasteiger partial charge is 0.134 e. The predicted octanol–water partition coefficient (Wildman–Crippen LogP) is 3.36. The van der Waals surface area contributed by atoms with Crippen LogP contribution in [0.15, 0.2) is 28.9 Å². The summed E-state index contributed by atoms with van der Waals surface area (Å²) < 4.78 is 5.20. The molecule has 1 heteroatoms. The highest BCUT2D eigenvalue weighted by atomic mass is 16.3. The molecule has 0 N–H and O–H groups in total. The van der Waals surface area contributed by atoms with Gasteiger partial charge in [-0.1, -0.05) is 19.9 Å². The second-order valence-corrected chi connectivity index (χ2v) is 3.29. The Labute approximate surface area is 72.0 Å². The zero-order valence-corrected chi connectivity index (χ0v) is 7.29. The lowest BCUT2D eigenvalue weighted by Crippen LogP contribution is -1.84. The number of benzene rings is 1. The number of furan rings is 1. The molecule has 0 saturated heterocycles. The Bertz CT molecular complexity index is 385. The third-order valence-electron chi connectivity index (χ3n) is 2.07. The summed E-state index contributed by atoms with van der Waals surface area (Å²) in [5.41, 5.74) is 2.25. The van der Waals surface area contributed by atoms with Gasteiger partial charge in [0, 0.05) is 11.5 Å². The average molecular weight is 159 g/mol. The summed E-state index contributed by atoms with van der Waals surface area (Å²) in [5.74, 6) is 0.567. The quantitative estimate of drug-likeness (QED) is 0.621. The van der Waals surface area contributed by atoms with Crippen molar-refractivity contribution in [3.8, 4) is 0 Å². The SMILES string of the molecule is CC(C)c1ccc2oc[c]c2c1. The van der Waals surface area contributed by atoms with Crippen LogP contribution in [-0.4, -0.2) is 0 Å². The largest absolute Gasteiger partial charge is 0.464 e. The number of hydrogen-bond acceptors (Lipinski definition) is 1. The summed E-state index contributed by atoms with van der Waals surface area (Å²) >= 11 is 0. The van der Waals surface area contributed by atoms with Gasteiger partial charge in [-0.2, -0.15) is 0 Å². The van der Waals surface area contributed by atoms with Crippen molar-refractivity contribution in [2.45, 2.75) is 19.8 Å². The molecule has 1 nitrogen and oxygen atoms in total. The fourth-order valence-corrected chi connectivity index (χ4v) is 1.28. The monoisotopic (exact) mass is 159 g/mol. The Kier molecular flexibility index (Phi) is 1.65. The molecule has 0 fully saturated rings. The van der Waals surface area contributed by atoms with Crippen LogP contribution in [0.1, 0.15) is 25.3 Å². The average Bonchev–Trinajstić information content (AvgIpc) is 2.49. The van der Waals surface area contributed by atoms with Crippen molar-refractivity contribution in [1.29, 1.82) is 0 Å². The van der Waals surface area contributed by atoms with E-state index in [1.165, 1.54) is 5.56 Å². The summed E-state index contributed by atoms with van der Waals surface area (Å²) in [6.45, 7) is 4.36. The Morgan fingerprint density at radius 2 is 2.17 bits per heavy atom. The van der Waals surface area contributed by atoms with Gasteiger partial charge in [0.2, 0.25) is 0 Å². The molecule has 1 aromatic heterocycles. The predicted molar refractivity (Wildman–Crippen MR) is 49.1 cm³/mol. The molecule has 0 aliphatic carbocycles. The lowest BCUT2D eigenvalue weighted by atomic mass is 10.0. The molecule has 2 rings (SSSR count). The van der Waals surface area contributed by atoms with E-state index in [0.717, 1.165) is 11.0 Å². The third kappa shape index (κ3) is 1.11. The van der Waals surface area contributed by atoms with Crippen LogP contribution in [0.25, 0.3) is 11.0 Å². The normalized spacial score (nSPS) is 11.2.